The number of hydrogen-bond acceptors (Lipinski definition) is 4. The Labute approximate surface area is 183 Å². The second kappa shape index (κ2) is 11.6. The first kappa shape index (κ1) is 22.1. The van der Waals surface area contributed by atoms with Gasteiger partial charge in [0, 0.05) is 26.6 Å². The number of rotatable bonds is 6. The molecule has 28 heavy (non-hydrogen) atoms. The third-order valence-corrected chi connectivity index (χ3v) is 4.36. The van der Waals surface area contributed by atoms with Crippen LogP contribution in [0.3, 0.4) is 0 Å². The summed E-state index contributed by atoms with van der Waals surface area (Å²) in [5.41, 5.74) is 2.37. The summed E-state index contributed by atoms with van der Waals surface area (Å²) in [5.74, 6) is 3.28. The second-order valence-corrected chi connectivity index (χ2v) is 6.28. The zero-order chi connectivity index (χ0) is 18.9. The summed E-state index contributed by atoms with van der Waals surface area (Å²) in [5, 5.41) is 6.68. The summed E-state index contributed by atoms with van der Waals surface area (Å²) in [6.45, 7) is 2.86. The minimum atomic E-state index is 0. The summed E-state index contributed by atoms with van der Waals surface area (Å²) in [4.78, 5) is 4.28. The Kier molecular flexibility index (Phi) is 9.19. The molecule has 0 radical (unpaired) electrons. The van der Waals surface area contributed by atoms with E-state index in [1.807, 2.05) is 30.3 Å². The molecule has 0 bridgehead atoms. The maximum Gasteiger partial charge on any atom is 0.191 e. The van der Waals surface area contributed by atoms with Crippen molar-refractivity contribution in [2.45, 2.75) is 19.4 Å². The first-order chi connectivity index (χ1) is 13.3. The van der Waals surface area contributed by atoms with Gasteiger partial charge >= 0.3 is 0 Å². The van der Waals surface area contributed by atoms with Crippen molar-refractivity contribution in [1.82, 2.24) is 10.6 Å². The summed E-state index contributed by atoms with van der Waals surface area (Å²) in [7, 11) is 3.45. The van der Waals surface area contributed by atoms with E-state index in [9.17, 15) is 0 Å². The molecule has 0 spiro atoms. The monoisotopic (exact) mass is 497 g/mol. The van der Waals surface area contributed by atoms with Gasteiger partial charge in [-0.15, -0.1) is 24.0 Å². The van der Waals surface area contributed by atoms with Crippen molar-refractivity contribution >= 4 is 29.9 Å². The van der Waals surface area contributed by atoms with Gasteiger partial charge in [0.05, 0.1) is 20.3 Å². The highest BCUT2D eigenvalue weighted by molar-refractivity contribution is 14.0. The van der Waals surface area contributed by atoms with Gasteiger partial charge in [0.1, 0.15) is 5.75 Å². The van der Waals surface area contributed by atoms with Gasteiger partial charge < -0.3 is 24.8 Å². The number of benzene rings is 2. The van der Waals surface area contributed by atoms with Crippen LogP contribution in [0.15, 0.2) is 47.5 Å². The van der Waals surface area contributed by atoms with Gasteiger partial charge in [0.15, 0.2) is 17.5 Å². The maximum absolute atomic E-state index is 5.75. The second-order valence-electron chi connectivity index (χ2n) is 6.28. The van der Waals surface area contributed by atoms with Crippen molar-refractivity contribution in [3.05, 3.63) is 53.6 Å². The minimum Gasteiger partial charge on any atom is -0.497 e. The number of ether oxygens (including phenoxy) is 3. The third kappa shape index (κ3) is 6.47. The molecule has 0 saturated heterocycles. The van der Waals surface area contributed by atoms with Gasteiger partial charge in [-0.05, 0) is 41.8 Å². The van der Waals surface area contributed by atoms with Crippen LogP contribution >= 0.6 is 24.0 Å². The largest absolute Gasteiger partial charge is 0.497 e. The predicted molar refractivity (Wildman–Crippen MR) is 122 cm³/mol. The Bertz CT molecular complexity index is 766. The van der Waals surface area contributed by atoms with E-state index in [0.717, 1.165) is 48.2 Å². The smallest absolute Gasteiger partial charge is 0.191 e. The van der Waals surface area contributed by atoms with Crippen molar-refractivity contribution in [1.29, 1.82) is 0 Å². The van der Waals surface area contributed by atoms with Gasteiger partial charge in [-0.3, -0.25) is 4.99 Å². The lowest BCUT2D eigenvalue weighted by Gasteiger charge is -2.13. The molecular weight excluding hydrogens is 469 g/mol. The lowest BCUT2D eigenvalue weighted by molar-refractivity contribution is 0.297. The standard InChI is InChI=1S/C21H27N3O3.HI/c1-22-21(23-11-10-16-4-7-18(25-2)8-5-16)24-15-17-6-9-19-20(14-17)27-13-3-12-26-19;/h4-9,14H,3,10-13,15H2,1-2H3,(H2,22,23,24);1H. The molecule has 6 nitrogen and oxygen atoms in total. The highest BCUT2D eigenvalue weighted by atomic mass is 127. The number of nitrogens with one attached hydrogen (secondary N) is 2. The maximum atomic E-state index is 5.75. The van der Waals surface area contributed by atoms with Crippen molar-refractivity contribution < 1.29 is 14.2 Å². The van der Waals surface area contributed by atoms with Gasteiger partial charge in [-0.2, -0.15) is 0 Å². The van der Waals surface area contributed by atoms with E-state index in [1.54, 1.807) is 14.2 Å². The van der Waals surface area contributed by atoms with E-state index in [1.165, 1.54) is 5.56 Å². The van der Waals surface area contributed by atoms with E-state index in [4.69, 9.17) is 14.2 Å². The van der Waals surface area contributed by atoms with Crippen molar-refractivity contribution in [3.63, 3.8) is 0 Å². The van der Waals surface area contributed by atoms with Gasteiger partial charge in [0.25, 0.3) is 0 Å². The fourth-order valence-corrected chi connectivity index (χ4v) is 2.84. The van der Waals surface area contributed by atoms with Crippen LogP contribution in [-0.2, 0) is 13.0 Å². The van der Waals surface area contributed by atoms with Crippen LogP contribution in [0.4, 0.5) is 0 Å². The molecule has 7 heteroatoms. The van der Waals surface area contributed by atoms with E-state index >= 15 is 0 Å². The number of aliphatic imine (C=N–C) groups is 1. The highest BCUT2D eigenvalue weighted by Crippen LogP contribution is 2.30. The molecule has 0 saturated carbocycles. The van der Waals surface area contributed by atoms with Gasteiger partial charge in [-0.25, -0.2) is 0 Å². The quantitative estimate of drug-likeness (QED) is 0.364. The Morgan fingerprint density at radius 1 is 1.00 bits per heavy atom. The summed E-state index contributed by atoms with van der Waals surface area (Å²) < 4.78 is 16.6. The molecule has 1 heterocycles. The number of fused-ring (bicyclic) bond motifs is 1. The average Bonchev–Trinajstić information content (AvgIpc) is 2.96. The fourth-order valence-electron chi connectivity index (χ4n) is 2.84. The molecular formula is C21H28IN3O3. The third-order valence-electron chi connectivity index (χ3n) is 4.36. The van der Waals surface area contributed by atoms with Crippen LogP contribution in [0.25, 0.3) is 0 Å². The van der Waals surface area contributed by atoms with Crippen molar-refractivity contribution in [2.75, 3.05) is 33.9 Å². The Hall–Kier alpha value is -2.16. The Morgan fingerprint density at radius 2 is 1.71 bits per heavy atom. The number of methoxy groups -OCH3 is 1. The number of hydrogen-bond donors (Lipinski definition) is 2. The molecule has 2 N–H and O–H groups in total. The molecule has 2 aromatic rings. The van der Waals surface area contributed by atoms with Crippen LogP contribution in [0, 0.1) is 0 Å². The topological polar surface area (TPSA) is 64.1 Å². The summed E-state index contributed by atoms with van der Waals surface area (Å²) >= 11 is 0. The summed E-state index contributed by atoms with van der Waals surface area (Å²) in [6, 6.07) is 14.2. The van der Waals surface area contributed by atoms with Crippen LogP contribution in [-0.4, -0.2) is 39.9 Å². The number of nitrogens with zero attached hydrogens (tertiary/aromatic N) is 1. The molecule has 3 rings (SSSR count). The van der Waals surface area contributed by atoms with E-state index in [-0.39, 0.29) is 24.0 Å². The Morgan fingerprint density at radius 3 is 2.43 bits per heavy atom. The van der Waals surface area contributed by atoms with E-state index in [0.29, 0.717) is 19.8 Å². The predicted octanol–water partition coefficient (Wildman–Crippen LogP) is 3.38. The molecule has 2 aromatic carbocycles. The number of guanidine groups is 1. The average molecular weight is 497 g/mol. The first-order valence-electron chi connectivity index (χ1n) is 9.24. The van der Waals surface area contributed by atoms with Crippen LogP contribution < -0.4 is 24.8 Å². The molecule has 1 aliphatic rings. The number of halogens is 1. The molecule has 0 amide bonds. The zero-order valence-electron chi connectivity index (χ0n) is 16.4. The molecule has 0 unspecified atom stereocenters. The first-order valence-corrected chi connectivity index (χ1v) is 9.24. The Balaban J connectivity index is 0.00000280. The van der Waals surface area contributed by atoms with E-state index in [2.05, 4.69) is 27.8 Å². The van der Waals surface area contributed by atoms with Crippen LogP contribution in [0.2, 0.25) is 0 Å². The minimum absolute atomic E-state index is 0. The van der Waals surface area contributed by atoms with Gasteiger partial charge in [0.2, 0.25) is 0 Å². The van der Waals surface area contributed by atoms with Crippen molar-refractivity contribution in [2.24, 2.45) is 4.99 Å². The lowest BCUT2D eigenvalue weighted by atomic mass is 10.1. The SMILES string of the molecule is CN=C(NCCc1ccc(OC)cc1)NCc1ccc2c(c1)OCCCO2.I. The molecule has 0 aromatic heterocycles. The molecule has 152 valence electrons. The van der Waals surface area contributed by atoms with E-state index < -0.39 is 0 Å². The highest BCUT2D eigenvalue weighted by Gasteiger charge is 2.10. The zero-order valence-corrected chi connectivity index (χ0v) is 18.7. The fraction of sp³-hybridized carbons (Fsp3) is 0.381. The molecule has 0 aliphatic carbocycles. The van der Waals surface area contributed by atoms with Gasteiger partial charge in [-0.1, -0.05) is 18.2 Å². The normalized spacial score (nSPS) is 13.1. The van der Waals surface area contributed by atoms with Crippen molar-refractivity contribution in [3.8, 4) is 17.2 Å². The van der Waals surface area contributed by atoms with Crippen LogP contribution in [0.1, 0.15) is 17.5 Å². The van der Waals surface area contributed by atoms with Crippen LogP contribution in [0.5, 0.6) is 17.2 Å². The molecule has 1 aliphatic heterocycles. The summed E-state index contributed by atoms with van der Waals surface area (Å²) in [6.07, 6.45) is 1.82. The lowest BCUT2D eigenvalue weighted by Crippen LogP contribution is -2.37. The molecule has 0 atom stereocenters. The molecule has 0 fully saturated rings.